The summed E-state index contributed by atoms with van der Waals surface area (Å²) in [7, 11) is 1.56. The topological polar surface area (TPSA) is 79.9 Å². The second-order valence-corrected chi connectivity index (χ2v) is 5.61. The summed E-state index contributed by atoms with van der Waals surface area (Å²) in [5.74, 6) is 0.534. The van der Waals surface area contributed by atoms with Crippen molar-refractivity contribution < 1.29 is 19.1 Å². The third kappa shape index (κ3) is 3.98. The predicted molar refractivity (Wildman–Crippen MR) is 93.1 cm³/mol. The molecule has 2 aliphatic heterocycles. The number of anilines is 2. The third-order valence-corrected chi connectivity index (χ3v) is 4.05. The Bertz CT molecular complexity index is 605. The molecule has 2 fully saturated rings. The van der Waals surface area contributed by atoms with Crippen LogP contribution in [-0.4, -0.2) is 51.3 Å². The van der Waals surface area contributed by atoms with Crippen molar-refractivity contribution in [3.63, 3.8) is 0 Å². The summed E-state index contributed by atoms with van der Waals surface area (Å²) in [4.78, 5) is 25.8. The summed E-state index contributed by atoms with van der Waals surface area (Å²) in [6.07, 6.45) is 1.42. The summed E-state index contributed by atoms with van der Waals surface area (Å²) in [5.41, 5.74) is 1.38. The molecule has 1 aromatic rings. The maximum atomic E-state index is 12.2. The monoisotopic (exact) mass is 355 g/mol. The highest BCUT2D eigenvalue weighted by Crippen LogP contribution is 2.33. The van der Waals surface area contributed by atoms with Crippen LogP contribution in [0, 0.1) is 0 Å². The summed E-state index contributed by atoms with van der Waals surface area (Å²) in [6, 6.07) is 4.98. The van der Waals surface area contributed by atoms with E-state index in [0.29, 0.717) is 44.2 Å². The second-order valence-electron chi connectivity index (χ2n) is 5.61. The van der Waals surface area contributed by atoms with E-state index in [1.807, 2.05) is 6.07 Å². The second kappa shape index (κ2) is 8.32. The smallest absolute Gasteiger partial charge is 0.243 e. The summed E-state index contributed by atoms with van der Waals surface area (Å²) >= 11 is 0. The molecule has 0 aromatic heterocycles. The first-order valence-corrected chi connectivity index (χ1v) is 7.79. The summed E-state index contributed by atoms with van der Waals surface area (Å²) in [5, 5.41) is 5.96. The number of hydrogen-bond donors (Lipinski definition) is 2. The number of carbonyl (C=O) groups is 2. The van der Waals surface area contributed by atoms with Crippen LogP contribution in [0.25, 0.3) is 0 Å². The maximum absolute atomic E-state index is 12.2. The highest BCUT2D eigenvalue weighted by Gasteiger charge is 2.25. The molecule has 1 unspecified atom stereocenters. The minimum Gasteiger partial charge on any atom is -0.494 e. The lowest BCUT2D eigenvalue weighted by Gasteiger charge is -2.23. The Labute approximate surface area is 147 Å². The molecule has 2 saturated heterocycles. The first-order valence-electron chi connectivity index (χ1n) is 7.79. The highest BCUT2D eigenvalue weighted by atomic mass is 35.5. The lowest BCUT2D eigenvalue weighted by Crippen LogP contribution is -2.48. The highest BCUT2D eigenvalue weighted by molar-refractivity contribution is 5.98. The molecule has 2 amide bonds. The molecule has 3 rings (SSSR count). The third-order valence-electron chi connectivity index (χ3n) is 4.05. The van der Waals surface area contributed by atoms with Gasteiger partial charge in [0.1, 0.15) is 11.8 Å². The molecule has 0 bridgehead atoms. The van der Waals surface area contributed by atoms with Gasteiger partial charge in [-0.1, -0.05) is 0 Å². The Kier molecular flexibility index (Phi) is 6.42. The molecule has 2 heterocycles. The minimum atomic E-state index is -0.352. The van der Waals surface area contributed by atoms with Gasteiger partial charge in [0.25, 0.3) is 0 Å². The zero-order valence-electron chi connectivity index (χ0n) is 13.5. The van der Waals surface area contributed by atoms with Gasteiger partial charge < -0.3 is 25.0 Å². The minimum absolute atomic E-state index is 0. The quantitative estimate of drug-likeness (QED) is 0.847. The van der Waals surface area contributed by atoms with Crippen LogP contribution < -0.4 is 20.3 Å². The SMILES string of the molecule is COc1cc(NC(=O)C2COCCN2)ccc1N1CCCC1=O.Cl. The first kappa shape index (κ1) is 18.5. The molecule has 1 atom stereocenters. The number of nitrogens with one attached hydrogen (secondary N) is 2. The maximum Gasteiger partial charge on any atom is 0.243 e. The fourth-order valence-electron chi connectivity index (χ4n) is 2.84. The van der Waals surface area contributed by atoms with Crippen LogP contribution in [0.5, 0.6) is 5.75 Å². The number of amides is 2. The predicted octanol–water partition coefficient (Wildman–Crippen LogP) is 1.17. The average molecular weight is 356 g/mol. The molecule has 0 saturated carbocycles. The molecule has 132 valence electrons. The van der Waals surface area contributed by atoms with Gasteiger partial charge in [0, 0.05) is 31.3 Å². The van der Waals surface area contributed by atoms with E-state index >= 15 is 0 Å². The fourth-order valence-corrected chi connectivity index (χ4v) is 2.84. The molecular weight excluding hydrogens is 334 g/mol. The van der Waals surface area contributed by atoms with Gasteiger partial charge in [-0.15, -0.1) is 12.4 Å². The molecule has 2 N–H and O–H groups in total. The Morgan fingerprint density at radius 1 is 1.46 bits per heavy atom. The van der Waals surface area contributed by atoms with E-state index in [-0.39, 0.29) is 30.3 Å². The van der Waals surface area contributed by atoms with E-state index in [1.165, 1.54) is 0 Å². The van der Waals surface area contributed by atoms with Gasteiger partial charge in [-0.3, -0.25) is 9.59 Å². The lowest BCUT2D eigenvalue weighted by molar-refractivity contribution is -0.121. The van der Waals surface area contributed by atoms with E-state index in [9.17, 15) is 9.59 Å². The number of methoxy groups -OCH3 is 1. The van der Waals surface area contributed by atoms with Gasteiger partial charge in [-0.25, -0.2) is 0 Å². The number of rotatable bonds is 4. The molecule has 2 aliphatic rings. The summed E-state index contributed by atoms with van der Waals surface area (Å²) in [6.45, 7) is 2.35. The normalized spacial score (nSPS) is 20.5. The molecule has 0 radical (unpaired) electrons. The van der Waals surface area contributed by atoms with Gasteiger partial charge in [0.2, 0.25) is 11.8 Å². The standard InChI is InChI=1S/C16H21N3O4.ClH/c1-22-14-9-11(18-16(21)12-10-23-8-6-17-12)4-5-13(14)19-7-2-3-15(19)20;/h4-5,9,12,17H,2-3,6-8,10H2,1H3,(H,18,21);1H. The van der Waals surface area contributed by atoms with Crippen LogP contribution in [0.3, 0.4) is 0 Å². The van der Waals surface area contributed by atoms with Crippen LogP contribution in [-0.2, 0) is 14.3 Å². The Balaban J connectivity index is 0.00000208. The van der Waals surface area contributed by atoms with Gasteiger partial charge in [0.05, 0.1) is 26.0 Å². The number of hydrogen-bond acceptors (Lipinski definition) is 5. The number of morpholine rings is 1. The van der Waals surface area contributed by atoms with Crippen molar-refractivity contribution in [1.82, 2.24) is 5.32 Å². The van der Waals surface area contributed by atoms with Gasteiger partial charge in [-0.05, 0) is 18.6 Å². The van der Waals surface area contributed by atoms with Crippen molar-refractivity contribution in [3.8, 4) is 5.75 Å². The number of halogens is 1. The number of carbonyl (C=O) groups excluding carboxylic acids is 2. The van der Waals surface area contributed by atoms with Crippen LogP contribution in [0.4, 0.5) is 11.4 Å². The number of nitrogens with zero attached hydrogens (tertiary/aromatic N) is 1. The van der Waals surface area contributed by atoms with E-state index in [1.54, 1.807) is 24.1 Å². The van der Waals surface area contributed by atoms with Crippen molar-refractivity contribution >= 4 is 35.6 Å². The van der Waals surface area contributed by atoms with E-state index in [2.05, 4.69) is 10.6 Å². The molecule has 24 heavy (non-hydrogen) atoms. The van der Waals surface area contributed by atoms with E-state index in [0.717, 1.165) is 12.1 Å². The zero-order valence-corrected chi connectivity index (χ0v) is 14.4. The van der Waals surface area contributed by atoms with Crippen molar-refractivity contribution in [2.24, 2.45) is 0 Å². The van der Waals surface area contributed by atoms with Crippen molar-refractivity contribution in [2.75, 3.05) is 43.6 Å². The Hall–Kier alpha value is -1.83. The largest absolute Gasteiger partial charge is 0.494 e. The molecule has 0 spiro atoms. The van der Waals surface area contributed by atoms with Crippen molar-refractivity contribution in [1.29, 1.82) is 0 Å². The van der Waals surface area contributed by atoms with Crippen LogP contribution in [0.15, 0.2) is 18.2 Å². The molecule has 1 aromatic carbocycles. The fraction of sp³-hybridized carbons (Fsp3) is 0.500. The number of benzene rings is 1. The van der Waals surface area contributed by atoms with E-state index in [4.69, 9.17) is 9.47 Å². The Morgan fingerprint density at radius 2 is 2.29 bits per heavy atom. The Morgan fingerprint density at radius 3 is 2.92 bits per heavy atom. The van der Waals surface area contributed by atoms with Crippen molar-refractivity contribution in [3.05, 3.63) is 18.2 Å². The molecule has 0 aliphatic carbocycles. The van der Waals surface area contributed by atoms with E-state index < -0.39 is 0 Å². The summed E-state index contributed by atoms with van der Waals surface area (Å²) < 4.78 is 10.7. The molecule has 8 heteroatoms. The van der Waals surface area contributed by atoms with Gasteiger partial charge >= 0.3 is 0 Å². The number of ether oxygens (including phenoxy) is 2. The first-order chi connectivity index (χ1) is 11.2. The van der Waals surface area contributed by atoms with Crippen LogP contribution >= 0.6 is 12.4 Å². The van der Waals surface area contributed by atoms with Crippen LogP contribution in [0.1, 0.15) is 12.8 Å². The van der Waals surface area contributed by atoms with Crippen molar-refractivity contribution in [2.45, 2.75) is 18.9 Å². The lowest BCUT2D eigenvalue weighted by atomic mass is 10.2. The average Bonchev–Trinajstić information content (AvgIpc) is 3.01. The molecular formula is C16H22ClN3O4. The molecule has 7 nitrogen and oxygen atoms in total. The van der Waals surface area contributed by atoms with Gasteiger partial charge in [-0.2, -0.15) is 0 Å². The van der Waals surface area contributed by atoms with Crippen LogP contribution in [0.2, 0.25) is 0 Å². The van der Waals surface area contributed by atoms with Gasteiger partial charge in [0.15, 0.2) is 0 Å². The zero-order chi connectivity index (χ0) is 16.2.